The van der Waals surface area contributed by atoms with Crippen LogP contribution < -0.4 is 10.6 Å². The predicted octanol–water partition coefficient (Wildman–Crippen LogP) is 2.92. The molecule has 0 radical (unpaired) electrons. The average Bonchev–Trinajstić information content (AvgIpc) is 2.45. The quantitative estimate of drug-likeness (QED) is 0.724. The number of hydrogen-bond donors (Lipinski definition) is 3. The smallest absolute Gasteiger partial charge is 0.319 e. The number of urea groups is 1. The van der Waals surface area contributed by atoms with E-state index in [1.807, 2.05) is 31.2 Å². The van der Waals surface area contributed by atoms with Crippen molar-refractivity contribution in [1.82, 2.24) is 5.32 Å². The Morgan fingerprint density at radius 3 is 2.62 bits per heavy atom. The monoisotopic (exact) mass is 294 g/mol. The van der Waals surface area contributed by atoms with Gasteiger partial charge in [-0.3, -0.25) is 0 Å². The largest absolute Gasteiger partial charge is 0.394 e. The maximum Gasteiger partial charge on any atom is 0.319 e. The average molecular weight is 294 g/mol. The molecule has 0 aliphatic rings. The van der Waals surface area contributed by atoms with Gasteiger partial charge in [0.05, 0.1) is 18.8 Å². The molecule has 21 heavy (non-hydrogen) atoms. The summed E-state index contributed by atoms with van der Waals surface area (Å²) in [5, 5.41) is 14.8. The van der Waals surface area contributed by atoms with Crippen molar-refractivity contribution in [3.05, 3.63) is 29.8 Å². The Hall–Kier alpha value is -1.59. The second-order valence-electron chi connectivity index (χ2n) is 5.61. The third-order valence-electron chi connectivity index (χ3n) is 3.28. The van der Waals surface area contributed by atoms with E-state index in [-0.39, 0.29) is 24.8 Å². The van der Waals surface area contributed by atoms with Gasteiger partial charge >= 0.3 is 6.03 Å². The SMILES string of the molecule is CO[C@H](C)c1cccc(NC(=O)N[C@H](CO)CC(C)C)c1. The molecule has 3 N–H and O–H groups in total. The predicted molar refractivity (Wildman–Crippen MR) is 84.3 cm³/mol. The lowest BCUT2D eigenvalue weighted by Crippen LogP contribution is -2.40. The summed E-state index contributed by atoms with van der Waals surface area (Å²) in [5.74, 6) is 0.410. The number of ether oxygens (including phenoxy) is 1. The second kappa shape index (κ2) is 8.64. The van der Waals surface area contributed by atoms with Crippen LogP contribution in [0.3, 0.4) is 0 Å². The highest BCUT2D eigenvalue weighted by Gasteiger charge is 2.13. The standard InChI is InChI=1S/C16H26N2O3/c1-11(2)8-15(10-19)18-16(20)17-14-7-5-6-13(9-14)12(3)21-4/h5-7,9,11-12,15,19H,8,10H2,1-4H3,(H2,17,18,20)/t12-,15+/m1/s1. The number of hydrogen-bond acceptors (Lipinski definition) is 3. The first kappa shape index (κ1) is 17.5. The molecule has 0 fully saturated rings. The van der Waals surface area contributed by atoms with Gasteiger partial charge in [0.1, 0.15) is 0 Å². The van der Waals surface area contributed by atoms with Crippen LogP contribution in [0.25, 0.3) is 0 Å². The number of aliphatic hydroxyl groups is 1. The minimum Gasteiger partial charge on any atom is -0.394 e. The van der Waals surface area contributed by atoms with E-state index in [2.05, 4.69) is 24.5 Å². The Morgan fingerprint density at radius 1 is 1.33 bits per heavy atom. The minimum absolute atomic E-state index is 0.0269. The molecule has 0 saturated carbocycles. The Morgan fingerprint density at radius 2 is 2.05 bits per heavy atom. The third kappa shape index (κ3) is 6.14. The molecule has 5 heteroatoms. The Balaban J connectivity index is 2.62. The zero-order valence-corrected chi connectivity index (χ0v) is 13.2. The molecule has 0 aromatic heterocycles. The molecule has 0 unspecified atom stereocenters. The van der Waals surface area contributed by atoms with Crippen LogP contribution in [-0.4, -0.2) is 30.9 Å². The fourth-order valence-corrected chi connectivity index (χ4v) is 2.11. The third-order valence-corrected chi connectivity index (χ3v) is 3.28. The molecule has 118 valence electrons. The van der Waals surface area contributed by atoms with Gasteiger partial charge < -0.3 is 20.5 Å². The molecule has 0 aliphatic heterocycles. The fourth-order valence-electron chi connectivity index (χ4n) is 2.11. The number of methoxy groups -OCH3 is 1. The maximum absolute atomic E-state index is 11.9. The first-order valence-corrected chi connectivity index (χ1v) is 7.27. The zero-order valence-electron chi connectivity index (χ0n) is 13.2. The summed E-state index contributed by atoms with van der Waals surface area (Å²) in [7, 11) is 1.65. The van der Waals surface area contributed by atoms with Crippen molar-refractivity contribution in [1.29, 1.82) is 0 Å². The lowest BCUT2D eigenvalue weighted by atomic mass is 10.0. The summed E-state index contributed by atoms with van der Waals surface area (Å²) in [5.41, 5.74) is 1.70. The Labute approximate surface area is 126 Å². The van der Waals surface area contributed by atoms with Crippen LogP contribution in [-0.2, 0) is 4.74 Å². The number of aliphatic hydroxyl groups excluding tert-OH is 1. The van der Waals surface area contributed by atoms with Gasteiger partial charge in [-0.25, -0.2) is 4.79 Å². The molecule has 0 aliphatic carbocycles. The summed E-state index contributed by atoms with van der Waals surface area (Å²) in [4.78, 5) is 11.9. The lowest BCUT2D eigenvalue weighted by molar-refractivity contribution is 0.119. The number of nitrogens with one attached hydrogen (secondary N) is 2. The summed E-state index contributed by atoms with van der Waals surface area (Å²) < 4.78 is 5.26. The van der Waals surface area contributed by atoms with Crippen LogP contribution in [0.4, 0.5) is 10.5 Å². The van der Waals surface area contributed by atoms with Crippen LogP contribution in [0, 0.1) is 5.92 Å². The molecule has 0 bridgehead atoms. The number of anilines is 1. The molecular weight excluding hydrogens is 268 g/mol. The van der Waals surface area contributed by atoms with Crippen molar-refractivity contribution < 1.29 is 14.6 Å². The molecule has 0 spiro atoms. The highest BCUT2D eigenvalue weighted by molar-refractivity contribution is 5.89. The van der Waals surface area contributed by atoms with Gasteiger partial charge in [-0.2, -0.15) is 0 Å². The normalized spacial score (nSPS) is 13.8. The van der Waals surface area contributed by atoms with Crippen molar-refractivity contribution in [3.63, 3.8) is 0 Å². The molecule has 1 rings (SSSR count). The van der Waals surface area contributed by atoms with Crippen molar-refractivity contribution in [2.24, 2.45) is 5.92 Å². The van der Waals surface area contributed by atoms with E-state index in [9.17, 15) is 9.90 Å². The molecule has 0 saturated heterocycles. The van der Waals surface area contributed by atoms with Crippen LogP contribution >= 0.6 is 0 Å². The highest BCUT2D eigenvalue weighted by atomic mass is 16.5. The lowest BCUT2D eigenvalue weighted by Gasteiger charge is -2.19. The van der Waals surface area contributed by atoms with Crippen LogP contribution in [0.1, 0.15) is 38.9 Å². The first-order chi connectivity index (χ1) is 9.96. The summed E-state index contributed by atoms with van der Waals surface area (Å²) in [6.07, 6.45) is 0.714. The van der Waals surface area contributed by atoms with Gasteiger partial charge in [0, 0.05) is 12.8 Å². The number of amides is 2. The molecule has 5 nitrogen and oxygen atoms in total. The fraction of sp³-hybridized carbons (Fsp3) is 0.562. The molecule has 2 atom stereocenters. The van der Waals surface area contributed by atoms with Crippen LogP contribution in [0.2, 0.25) is 0 Å². The topological polar surface area (TPSA) is 70.6 Å². The van der Waals surface area contributed by atoms with Gasteiger partial charge in [-0.1, -0.05) is 26.0 Å². The molecule has 1 aromatic rings. The highest BCUT2D eigenvalue weighted by Crippen LogP contribution is 2.19. The van der Waals surface area contributed by atoms with E-state index in [0.717, 1.165) is 12.0 Å². The Kier molecular flexibility index (Phi) is 7.19. The van der Waals surface area contributed by atoms with Crippen molar-refractivity contribution >= 4 is 11.7 Å². The summed E-state index contributed by atoms with van der Waals surface area (Å²) in [6.45, 7) is 5.99. The maximum atomic E-state index is 11.9. The Bertz CT molecular complexity index is 449. The van der Waals surface area contributed by atoms with Gasteiger partial charge in [0.15, 0.2) is 0 Å². The number of rotatable bonds is 7. The van der Waals surface area contributed by atoms with E-state index >= 15 is 0 Å². The van der Waals surface area contributed by atoms with Gasteiger partial charge in [-0.15, -0.1) is 0 Å². The van der Waals surface area contributed by atoms with Gasteiger partial charge in [-0.05, 0) is 37.0 Å². The number of carbonyl (C=O) groups is 1. The first-order valence-electron chi connectivity index (χ1n) is 7.27. The number of benzene rings is 1. The van der Waals surface area contributed by atoms with Gasteiger partial charge in [0.25, 0.3) is 0 Å². The zero-order chi connectivity index (χ0) is 15.8. The molecule has 2 amide bonds. The van der Waals surface area contributed by atoms with E-state index in [0.29, 0.717) is 11.6 Å². The molecule has 1 aromatic carbocycles. The summed E-state index contributed by atoms with van der Waals surface area (Å²) in [6, 6.07) is 6.99. The molecule has 0 heterocycles. The molecular formula is C16H26N2O3. The van der Waals surface area contributed by atoms with Crippen molar-refractivity contribution in [3.8, 4) is 0 Å². The summed E-state index contributed by atoms with van der Waals surface area (Å²) >= 11 is 0. The van der Waals surface area contributed by atoms with E-state index < -0.39 is 0 Å². The number of carbonyl (C=O) groups excluding carboxylic acids is 1. The van der Waals surface area contributed by atoms with Crippen molar-refractivity contribution in [2.45, 2.75) is 39.3 Å². The van der Waals surface area contributed by atoms with E-state index in [1.165, 1.54) is 0 Å². The van der Waals surface area contributed by atoms with Crippen LogP contribution in [0.5, 0.6) is 0 Å². The second-order valence-corrected chi connectivity index (χ2v) is 5.61. The van der Waals surface area contributed by atoms with Crippen molar-refractivity contribution in [2.75, 3.05) is 19.0 Å². The van der Waals surface area contributed by atoms with Crippen LogP contribution in [0.15, 0.2) is 24.3 Å². The van der Waals surface area contributed by atoms with E-state index in [1.54, 1.807) is 7.11 Å². The van der Waals surface area contributed by atoms with E-state index in [4.69, 9.17) is 4.74 Å². The van der Waals surface area contributed by atoms with Gasteiger partial charge in [0.2, 0.25) is 0 Å². The minimum atomic E-state index is -0.308.